The Balaban J connectivity index is 1.74. The second-order valence-corrected chi connectivity index (χ2v) is 7.00. The molecule has 1 aromatic heterocycles. The van der Waals surface area contributed by atoms with Crippen LogP contribution in [-0.2, 0) is 4.79 Å². The van der Waals surface area contributed by atoms with Crippen LogP contribution in [0.3, 0.4) is 0 Å². The van der Waals surface area contributed by atoms with Gasteiger partial charge >= 0.3 is 0 Å². The predicted octanol–water partition coefficient (Wildman–Crippen LogP) is 3.42. The summed E-state index contributed by atoms with van der Waals surface area (Å²) < 4.78 is 0. The molecule has 1 atom stereocenters. The lowest BCUT2D eigenvalue weighted by Gasteiger charge is -2.22. The summed E-state index contributed by atoms with van der Waals surface area (Å²) in [4.78, 5) is 24.5. The van der Waals surface area contributed by atoms with E-state index in [1.54, 1.807) is 6.07 Å². The van der Waals surface area contributed by atoms with Gasteiger partial charge in [-0.25, -0.2) is 0 Å². The van der Waals surface area contributed by atoms with Crippen LogP contribution in [0.2, 0.25) is 0 Å². The van der Waals surface area contributed by atoms with Gasteiger partial charge in [0.25, 0.3) is 5.91 Å². The number of nitrogens with one attached hydrogen (secondary N) is 2. The van der Waals surface area contributed by atoms with Gasteiger partial charge in [-0.3, -0.25) is 9.59 Å². The van der Waals surface area contributed by atoms with Crippen LogP contribution in [0.5, 0.6) is 0 Å². The van der Waals surface area contributed by atoms with Gasteiger partial charge in [-0.1, -0.05) is 50.2 Å². The van der Waals surface area contributed by atoms with Crippen molar-refractivity contribution in [2.24, 2.45) is 5.92 Å². The molecule has 0 bridgehead atoms. The van der Waals surface area contributed by atoms with Gasteiger partial charge < -0.3 is 10.6 Å². The van der Waals surface area contributed by atoms with E-state index < -0.39 is 0 Å². The number of amides is 2. The number of hydrogen-bond donors (Lipinski definition) is 2. The number of thiophene rings is 1. The first-order chi connectivity index (χ1) is 11.6. The van der Waals surface area contributed by atoms with E-state index in [-0.39, 0.29) is 24.2 Å². The Morgan fingerprint density at radius 3 is 2.42 bits per heavy atom. The maximum atomic E-state index is 12.0. The first-order valence-corrected chi connectivity index (χ1v) is 9.09. The van der Waals surface area contributed by atoms with E-state index in [9.17, 15) is 9.59 Å². The van der Waals surface area contributed by atoms with Gasteiger partial charge in [0.15, 0.2) is 0 Å². The van der Waals surface area contributed by atoms with E-state index in [2.05, 4.69) is 36.6 Å². The minimum atomic E-state index is -0.123. The normalized spacial score (nSPS) is 12.0. The lowest BCUT2D eigenvalue weighted by Crippen LogP contribution is -2.33. The average molecular weight is 344 g/mol. The maximum Gasteiger partial charge on any atom is 0.261 e. The molecule has 24 heavy (non-hydrogen) atoms. The Labute approximate surface area is 147 Å². The van der Waals surface area contributed by atoms with Crippen LogP contribution >= 0.6 is 11.3 Å². The quantitative estimate of drug-likeness (QED) is 0.771. The minimum absolute atomic E-state index is 0.0388. The van der Waals surface area contributed by atoms with E-state index in [0.29, 0.717) is 23.9 Å². The highest BCUT2D eigenvalue weighted by Gasteiger charge is 2.16. The number of carbonyl (C=O) groups excluding carboxylic acids is 2. The van der Waals surface area contributed by atoms with Gasteiger partial charge in [0.05, 0.1) is 4.88 Å². The van der Waals surface area contributed by atoms with Crippen molar-refractivity contribution in [3.05, 3.63) is 58.3 Å². The third-order valence-electron chi connectivity index (χ3n) is 3.93. The number of rotatable bonds is 8. The number of hydrogen-bond acceptors (Lipinski definition) is 3. The Kier molecular flexibility index (Phi) is 7.00. The minimum Gasteiger partial charge on any atom is -0.355 e. The van der Waals surface area contributed by atoms with E-state index in [1.807, 2.05) is 29.6 Å². The van der Waals surface area contributed by atoms with Crippen LogP contribution in [0.15, 0.2) is 47.8 Å². The monoisotopic (exact) mass is 344 g/mol. The molecule has 0 radical (unpaired) electrons. The van der Waals surface area contributed by atoms with Crippen molar-refractivity contribution in [3.63, 3.8) is 0 Å². The maximum absolute atomic E-state index is 12.0. The topological polar surface area (TPSA) is 58.2 Å². The predicted molar refractivity (Wildman–Crippen MR) is 98.3 cm³/mol. The first-order valence-electron chi connectivity index (χ1n) is 8.21. The lowest BCUT2D eigenvalue weighted by molar-refractivity contribution is -0.121. The van der Waals surface area contributed by atoms with Crippen LogP contribution in [0.4, 0.5) is 0 Å². The molecule has 5 heteroatoms. The van der Waals surface area contributed by atoms with Crippen molar-refractivity contribution in [1.82, 2.24) is 10.6 Å². The van der Waals surface area contributed by atoms with Crippen molar-refractivity contribution in [1.29, 1.82) is 0 Å². The molecule has 2 amide bonds. The zero-order valence-corrected chi connectivity index (χ0v) is 14.9. The second kappa shape index (κ2) is 9.23. The zero-order valence-electron chi connectivity index (χ0n) is 14.1. The Morgan fingerprint density at radius 1 is 1.04 bits per heavy atom. The van der Waals surface area contributed by atoms with Crippen molar-refractivity contribution in [2.75, 3.05) is 13.1 Å². The first kappa shape index (κ1) is 18.2. The highest BCUT2D eigenvalue weighted by Crippen LogP contribution is 2.23. The SMILES string of the molecule is CC(C)C(CNC(=O)CCNC(=O)c1cccs1)c1ccccc1. The van der Waals surface area contributed by atoms with E-state index in [4.69, 9.17) is 0 Å². The molecule has 1 unspecified atom stereocenters. The molecule has 0 spiro atoms. The summed E-state index contributed by atoms with van der Waals surface area (Å²) in [5, 5.41) is 7.61. The Morgan fingerprint density at radius 2 is 1.79 bits per heavy atom. The van der Waals surface area contributed by atoms with E-state index in [0.717, 1.165) is 0 Å². The molecular weight excluding hydrogens is 320 g/mol. The summed E-state index contributed by atoms with van der Waals surface area (Å²) in [6.45, 7) is 5.27. The molecule has 0 aliphatic heterocycles. The summed E-state index contributed by atoms with van der Waals surface area (Å²) in [5.41, 5.74) is 1.23. The summed E-state index contributed by atoms with van der Waals surface area (Å²) in [5.74, 6) is 0.562. The van der Waals surface area contributed by atoms with Gasteiger partial charge in [-0.15, -0.1) is 11.3 Å². The highest BCUT2D eigenvalue weighted by molar-refractivity contribution is 7.12. The van der Waals surface area contributed by atoms with Crippen molar-refractivity contribution in [3.8, 4) is 0 Å². The summed E-state index contributed by atoms with van der Waals surface area (Å²) in [6.07, 6.45) is 0.288. The van der Waals surface area contributed by atoms with Crippen LogP contribution in [0, 0.1) is 5.92 Å². The molecule has 2 rings (SSSR count). The molecule has 1 aromatic carbocycles. The molecule has 2 aromatic rings. The van der Waals surface area contributed by atoms with Gasteiger partial charge in [-0.2, -0.15) is 0 Å². The molecule has 128 valence electrons. The molecule has 0 aliphatic carbocycles. The van der Waals surface area contributed by atoms with Crippen LogP contribution in [0.25, 0.3) is 0 Å². The summed E-state index contributed by atoms with van der Waals surface area (Å²) >= 11 is 1.39. The van der Waals surface area contributed by atoms with Crippen LogP contribution in [0.1, 0.15) is 41.4 Å². The summed E-state index contributed by atoms with van der Waals surface area (Å²) in [6, 6.07) is 13.8. The number of carbonyl (C=O) groups is 2. The molecule has 0 saturated heterocycles. The molecular formula is C19H24N2O2S. The standard InChI is InChI=1S/C19H24N2O2S/c1-14(2)16(15-7-4-3-5-8-15)13-21-18(22)10-11-20-19(23)17-9-6-12-24-17/h3-9,12,14,16H,10-11,13H2,1-2H3,(H,20,23)(H,21,22). The van der Waals surface area contributed by atoms with Crippen LogP contribution in [-0.4, -0.2) is 24.9 Å². The van der Waals surface area contributed by atoms with Gasteiger partial charge in [0, 0.05) is 25.4 Å². The fourth-order valence-electron chi connectivity index (χ4n) is 2.54. The third kappa shape index (κ3) is 5.49. The largest absolute Gasteiger partial charge is 0.355 e. The Bertz CT molecular complexity index is 639. The van der Waals surface area contributed by atoms with Gasteiger partial charge in [-0.05, 0) is 22.9 Å². The number of benzene rings is 1. The molecule has 2 N–H and O–H groups in total. The van der Waals surface area contributed by atoms with Crippen molar-refractivity contribution < 1.29 is 9.59 Å². The van der Waals surface area contributed by atoms with E-state index in [1.165, 1.54) is 16.9 Å². The Hall–Kier alpha value is -2.14. The molecule has 1 heterocycles. The van der Waals surface area contributed by atoms with Crippen LogP contribution < -0.4 is 10.6 Å². The van der Waals surface area contributed by atoms with Gasteiger partial charge in [0.1, 0.15) is 0 Å². The molecule has 4 nitrogen and oxygen atoms in total. The molecule has 0 fully saturated rings. The molecule has 0 saturated carbocycles. The smallest absolute Gasteiger partial charge is 0.261 e. The summed E-state index contributed by atoms with van der Waals surface area (Å²) in [7, 11) is 0. The fourth-order valence-corrected chi connectivity index (χ4v) is 3.18. The lowest BCUT2D eigenvalue weighted by atomic mass is 9.88. The van der Waals surface area contributed by atoms with Gasteiger partial charge in [0.2, 0.25) is 5.91 Å². The fraction of sp³-hybridized carbons (Fsp3) is 0.368. The second-order valence-electron chi connectivity index (χ2n) is 6.05. The average Bonchev–Trinajstić information content (AvgIpc) is 3.10. The van der Waals surface area contributed by atoms with Crippen molar-refractivity contribution in [2.45, 2.75) is 26.2 Å². The zero-order chi connectivity index (χ0) is 17.4. The highest BCUT2D eigenvalue weighted by atomic mass is 32.1. The molecule has 0 aliphatic rings. The van der Waals surface area contributed by atoms with E-state index >= 15 is 0 Å². The van der Waals surface area contributed by atoms with Crippen molar-refractivity contribution >= 4 is 23.2 Å². The third-order valence-corrected chi connectivity index (χ3v) is 4.80.